The van der Waals surface area contributed by atoms with Crippen molar-refractivity contribution in [2.24, 2.45) is 7.05 Å². The molecule has 1 aromatic carbocycles. The molecular formula is C12H8BrF2N3O3. The van der Waals surface area contributed by atoms with Crippen molar-refractivity contribution in [1.82, 2.24) is 4.57 Å². The second kappa shape index (κ2) is 5.60. The molecule has 21 heavy (non-hydrogen) atoms. The predicted molar refractivity (Wildman–Crippen MR) is 74.1 cm³/mol. The van der Waals surface area contributed by atoms with Crippen LogP contribution in [-0.2, 0) is 7.05 Å². The van der Waals surface area contributed by atoms with Gasteiger partial charge in [-0.3, -0.25) is 4.79 Å². The molecule has 0 unspecified atom stereocenters. The van der Waals surface area contributed by atoms with Crippen LogP contribution in [0.1, 0.15) is 10.5 Å². The van der Waals surface area contributed by atoms with E-state index < -0.39 is 22.5 Å². The van der Waals surface area contributed by atoms with Crippen LogP contribution in [0.15, 0.2) is 28.7 Å². The van der Waals surface area contributed by atoms with Gasteiger partial charge in [0.05, 0.1) is 17.2 Å². The number of rotatable bonds is 3. The molecule has 0 saturated carbocycles. The van der Waals surface area contributed by atoms with Crippen LogP contribution in [0.3, 0.4) is 0 Å². The third-order valence-electron chi connectivity index (χ3n) is 2.77. The van der Waals surface area contributed by atoms with Crippen molar-refractivity contribution in [3.63, 3.8) is 0 Å². The Labute approximate surface area is 125 Å². The Kier molecular flexibility index (Phi) is 4.03. The highest BCUT2D eigenvalue weighted by Crippen LogP contribution is 2.24. The Hall–Kier alpha value is -2.29. The molecule has 1 amide bonds. The second-order valence-corrected chi connectivity index (χ2v) is 4.95. The van der Waals surface area contributed by atoms with Gasteiger partial charge in [-0.2, -0.15) is 0 Å². The summed E-state index contributed by atoms with van der Waals surface area (Å²) in [7, 11) is 1.32. The van der Waals surface area contributed by atoms with Crippen LogP contribution in [0, 0.1) is 21.7 Å². The number of hydrogen-bond donors (Lipinski definition) is 1. The van der Waals surface area contributed by atoms with Crippen LogP contribution >= 0.6 is 15.9 Å². The highest BCUT2D eigenvalue weighted by atomic mass is 79.9. The SMILES string of the molecule is Cn1c(C(=O)Nc2cc(F)c(Br)cc2F)ccc1[N+](=O)[O-]. The fourth-order valence-electron chi connectivity index (χ4n) is 1.72. The minimum atomic E-state index is -0.833. The maximum absolute atomic E-state index is 13.6. The van der Waals surface area contributed by atoms with Crippen LogP contribution in [-0.4, -0.2) is 15.4 Å². The predicted octanol–water partition coefficient (Wildman–Crippen LogP) is 3.23. The highest BCUT2D eigenvalue weighted by molar-refractivity contribution is 9.10. The van der Waals surface area contributed by atoms with E-state index in [4.69, 9.17) is 0 Å². The Morgan fingerprint density at radius 1 is 1.33 bits per heavy atom. The van der Waals surface area contributed by atoms with Crippen molar-refractivity contribution in [2.75, 3.05) is 5.32 Å². The van der Waals surface area contributed by atoms with Crippen LogP contribution in [0.4, 0.5) is 20.3 Å². The van der Waals surface area contributed by atoms with E-state index >= 15 is 0 Å². The van der Waals surface area contributed by atoms with E-state index in [0.29, 0.717) is 0 Å². The van der Waals surface area contributed by atoms with Gasteiger partial charge in [0, 0.05) is 12.1 Å². The van der Waals surface area contributed by atoms with Gasteiger partial charge in [-0.1, -0.05) is 0 Å². The minimum Gasteiger partial charge on any atom is -0.358 e. The van der Waals surface area contributed by atoms with Gasteiger partial charge in [-0.15, -0.1) is 0 Å². The fourth-order valence-corrected chi connectivity index (χ4v) is 2.03. The molecule has 6 nitrogen and oxygen atoms in total. The number of carbonyl (C=O) groups is 1. The number of halogens is 3. The quantitative estimate of drug-likeness (QED) is 0.519. The van der Waals surface area contributed by atoms with Crippen molar-refractivity contribution < 1.29 is 18.5 Å². The van der Waals surface area contributed by atoms with Gasteiger partial charge in [-0.05, 0) is 33.0 Å². The zero-order valence-electron chi connectivity index (χ0n) is 10.6. The molecule has 1 heterocycles. The number of hydrogen-bond acceptors (Lipinski definition) is 3. The molecule has 110 valence electrons. The number of nitro groups is 1. The Morgan fingerprint density at radius 2 is 2.00 bits per heavy atom. The lowest BCUT2D eigenvalue weighted by Crippen LogP contribution is -2.17. The molecule has 9 heteroatoms. The molecule has 0 saturated heterocycles. The number of carbonyl (C=O) groups excluding carboxylic acids is 1. The largest absolute Gasteiger partial charge is 0.358 e. The summed E-state index contributed by atoms with van der Waals surface area (Å²) in [5.74, 6) is -2.65. The average molecular weight is 360 g/mol. The molecule has 0 spiro atoms. The van der Waals surface area contributed by atoms with E-state index in [9.17, 15) is 23.7 Å². The molecule has 0 bridgehead atoms. The summed E-state index contributed by atoms with van der Waals surface area (Å²) in [5, 5.41) is 12.9. The Morgan fingerprint density at radius 3 is 2.57 bits per heavy atom. The molecule has 0 atom stereocenters. The molecule has 1 N–H and O–H groups in total. The van der Waals surface area contributed by atoms with Crippen LogP contribution < -0.4 is 5.32 Å². The monoisotopic (exact) mass is 359 g/mol. The van der Waals surface area contributed by atoms with E-state index in [1.165, 1.54) is 13.1 Å². The number of nitrogens with zero attached hydrogens (tertiary/aromatic N) is 2. The zero-order chi connectivity index (χ0) is 15.7. The standard InChI is InChI=1S/C12H8BrF2N3O3/c1-17-10(2-3-11(17)18(20)21)12(19)16-9-5-7(14)6(13)4-8(9)15/h2-5H,1H3,(H,16,19). The first-order valence-corrected chi connectivity index (χ1v) is 6.36. The number of anilines is 1. The average Bonchev–Trinajstić information content (AvgIpc) is 2.78. The second-order valence-electron chi connectivity index (χ2n) is 4.09. The number of benzene rings is 1. The van der Waals surface area contributed by atoms with Gasteiger partial charge in [0.15, 0.2) is 5.69 Å². The van der Waals surface area contributed by atoms with Crippen LogP contribution in [0.25, 0.3) is 0 Å². The summed E-state index contributed by atoms with van der Waals surface area (Å²) in [6.45, 7) is 0. The maximum Gasteiger partial charge on any atom is 0.323 e. The third-order valence-corrected chi connectivity index (χ3v) is 3.38. The van der Waals surface area contributed by atoms with E-state index in [2.05, 4.69) is 21.2 Å². The van der Waals surface area contributed by atoms with Gasteiger partial charge in [0.1, 0.15) is 11.6 Å². The van der Waals surface area contributed by atoms with E-state index in [-0.39, 0.29) is 21.7 Å². The van der Waals surface area contributed by atoms with Gasteiger partial charge < -0.3 is 15.4 Å². The van der Waals surface area contributed by atoms with Crippen molar-refractivity contribution in [2.45, 2.75) is 0 Å². The van der Waals surface area contributed by atoms with E-state index in [1.807, 2.05) is 0 Å². The van der Waals surface area contributed by atoms with Crippen molar-refractivity contribution in [3.05, 3.63) is 56.2 Å². The summed E-state index contributed by atoms with van der Waals surface area (Å²) >= 11 is 2.82. The maximum atomic E-state index is 13.6. The minimum absolute atomic E-state index is 0.0515. The fraction of sp³-hybridized carbons (Fsp3) is 0.0833. The summed E-state index contributed by atoms with van der Waals surface area (Å²) in [6, 6.07) is 4.06. The Bertz CT molecular complexity index is 746. The van der Waals surface area contributed by atoms with E-state index in [1.54, 1.807) is 0 Å². The molecule has 2 rings (SSSR count). The first-order valence-electron chi connectivity index (χ1n) is 5.57. The Balaban J connectivity index is 2.31. The smallest absolute Gasteiger partial charge is 0.323 e. The van der Waals surface area contributed by atoms with Crippen molar-refractivity contribution >= 4 is 33.3 Å². The number of aromatic nitrogens is 1. The normalized spacial score (nSPS) is 10.5. The summed E-state index contributed by atoms with van der Waals surface area (Å²) < 4.78 is 27.9. The van der Waals surface area contributed by atoms with E-state index in [0.717, 1.165) is 22.8 Å². The molecule has 2 aromatic rings. The molecule has 0 aliphatic rings. The van der Waals surface area contributed by atoms with Gasteiger partial charge in [0.2, 0.25) is 0 Å². The zero-order valence-corrected chi connectivity index (χ0v) is 12.1. The summed E-state index contributed by atoms with van der Waals surface area (Å²) in [6.07, 6.45) is 0. The molecule has 0 aliphatic heterocycles. The molecular weight excluding hydrogens is 352 g/mol. The molecule has 0 aliphatic carbocycles. The lowest BCUT2D eigenvalue weighted by Gasteiger charge is -2.06. The summed E-state index contributed by atoms with van der Waals surface area (Å²) in [4.78, 5) is 22.0. The van der Waals surface area contributed by atoms with Crippen molar-refractivity contribution in [1.29, 1.82) is 0 Å². The summed E-state index contributed by atoms with van der Waals surface area (Å²) in [5.41, 5.74) is -0.408. The van der Waals surface area contributed by atoms with Gasteiger partial charge in [0.25, 0.3) is 5.91 Å². The highest BCUT2D eigenvalue weighted by Gasteiger charge is 2.21. The molecule has 1 aromatic heterocycles. The van der Waals surface area contributed by atoms with Crippen LogP contribution in [0.2, 0.25) is 0 Å². The lowest BCUT2D eigenvalue weighted by atomic mass is 10.3. The van der Waals surface area contributed by atoms with Gasteiger partial charge >= 0.3 is 5.82 Å². The van der Waals surface area contributed by atoms with Gasteiger partial charge in [-0.25, -0.2) is 13.3 Å². The topological polar surface area (TPSA) is 77.2 Å². The molecule has 0 fully saturated rings. The first-order chi connectivity index (χ1) is 9.81. The molecule has 0 radical (unpaired) electrons. The third kappa shape index (κ3) is 2.92. The number of nitrogens with one attached hydrogen (secondary N) is 1. The van der Waals surface area contributed by atoms with Crippen LogP contribution in [0.5, 0.6) is 0 Å². The van der Waals surface area contributed by atoms with Crippen molar-refractivity contribution in [3.8, 4) is 0 Å². The lowest BCUT2D eigenvalue weighted by molar-refractivity contribution is -0.391. The number of amides is 1. The first kappa shape index (κ1) is 15.1.